The van der Waals surface area contributed by atoms with Gasteiger partial charge in [0.15, 0.2) is 0 Å². The molecule has 5 nitrogen and oxygen atoms in total. The van der Waals surface area contributed by atoms with Crippen LogP contribution < -0.4 is 10.4 Å². The maximum absolute atomic E-state index is 12.5. The second kappa shape index (κ2) is 6.52. The number of nitrogens with zero attached hydrogens (tertiary/aromatic N) is 1. The van der Waals surface area contributed by atoms with E-state index >= 15 is 0 Å². The third kappa shape index (κ3) is 3.26. The van der Waals surface area contributed by atoms with Gasteiger partial charge in [0, 0.05) is 18.2 Å². The summed E-state index contributed by atoms with van der Waals surface area (Å²) in [6, 6.07) is 19.3. The van der Waals surface area contributed by atoms with Crippen molar-refractivity contribution in [1.82, 2.24) is 0 Å². The third-order valence-electron chi connectivity index (χ3n) is 3.62. The zero-order chi connectivity index (χ0) is 17.1. The normalized spacial score (nSPS) is 10.4. The Morgan fingerprint density at radius 3 is 2.25 bits per heavy atom. The number of hydrogen-bond donors (Lipinski definition) is 2. The van der Waals surface area contributed by atoms with Crippen molar-refractivity contribution >= 4 is 34.0 Å². The smallest absolute Gasteiger partial charge is 0.282 e. The lowest BCUT2D eigenvalue weighted by atomic mass is 10.1. The van der Waals surface area contributed by atoms with E-state index < -0.39 is 5.91 Å². The van der Waals surface area contributed by atoms with E-state index in [0.717, 1.165) is 10.8 Å². The fourth-order valence-electron chi connectivity index (χ4n) is 2.45. The number of rotatable bonds is 3. The van der Waals surface area contributed by atoms with Crippen LogP contribution in [-0.4, -0.2) is 17.0 Å². The molecule has 0 saturated heterocycles. The topological polar surface area (TPSA) is 69.6 Å². The molecule has 0 aliphatic carbocycles. The summed E-state index contributed by atoms with van der Waals surface area (Å²) < 4.78 is 0. The number of carbonyl (C=O) groups is 2. The summed E-state index contributed by atoms with van der Waals surface area (Å²) in [6.45, 7) is 1.41. The van der Waals surface area contributed by atoms with Crippen LogP contribution in [0.5, 0.6) is 0 Å². The molecule has 2 N–H and O–H groups in total. The summed E-state index contributed by atoms with van der Waals surface area (Å²) in [7, 11) is 0. The maximum atomic E-state index is 12.5. The standard InChI is InChI=1S/C19H16N2O3/c1-13(22)20-17-8-10-18(11-9-17)21(24)19(23)16-7-6-14-4-2-3-5-15(14)12-16/h2-12,24H,1H3,(H,20,22). The Bertz CT molecular complexity index is 904. The van der Waals surface area contributed by atoms with E-state index in [2.05, 4.69) is 5.32 Å². The molecule has 0 heterocycles. The van der Waals surface area contributed by atoms with Gasteiger partial charge in [-0.3, -0.25) is 14.8 Å². The van der Waals surface area contributed by atoms with Crippen molar-refractivity contribution < 1.29 is 14.8 Å². The van der Waals surface area contributed by atoms with Gasteiger partial charge >= 0.3 is 0 Å². The predicted octanol–water partition coefficient (Wildman–Crippen LogP) is 3.83. The molecule has 0 spiro atoms. The molecule has 0 fully saturated rings. The first-order valence-electron chi connectivity index (χ1n) is 7.44. The van der Waals surface area contributed by atoms with Crippen LogP contribution in [0.4, 0.5) is 11.4 Å². The van der Waals surface area contributed by atoms with Gasteiger partial charge in [-0.05, 0) is 47.2 Å². The van der Waals surface area contributed by atoms with Gasteiger partial charge in [-0.15, -0.1) is 0 Å². The van der Waals surface area contributed by atoms with Gasteiger partial charge in [-0.1, -0.05) is 30.3 Å². The Kier molecular flexibility index (Phi) is 4.26. The molecule has 3 aromatic rings. The number of fused-ring (bicyclic) bond motifs is 1. The minimum atomic E-state index is -0.520. The van der Waals surface area contributed by atoms with Gasteiger partial charge < -0.3 is 5.32 Å². The highest BCUT2D eigenvalue weighted by molar-refractivity contribution is 6.06. The number of benzene rings is 3. The zero-order valence-corrected chi connectivity index (χ0v) is 13.1. The van der Waals surface area contributed by atoms with E-state index in [4.69, 9.17) is 0 Å². The molecule has 24 heavy (non-hydrogen) atoms. The molecule has 0 unspecified atom stereocenters. The average molecular weight is 320 g/mol. The van der Waals surface area contributed by atoms with Crippen LogP contribution in [0.3, 0.4) is 0 Å². The second-order valence-corrected chi connectivity index (χ2v) is 5.41. The molecule has 0 bridgehead atoms. The van der Waals surface area contributed by atoms with Crippen LogP contribution in [0.25, 0.3) is 10.8 Å². The van der Waals surface area contributed by atoms with Gasteiger partial charge in [0.1, 0.15) is 0 Å². The lowest BCUT2D eigenvalue weighted by Gasteiger charge is -2.16. The molecule has 5 heteroatoms. The molecule has 3 rings (SSSR count). The molecular weight excluding hydrogens is 304 g/mol. The maximum Gasteiger partial charge on any atom is 0.282 e. The van der Waals surface area contributed by atoms with Crippen LogP contribution >= 0.6 is 0 Å². The molecule has 120 valence electrons. The zero-order valence-electron chi connectivity index (χ0n) is 13.1. The van der Waals surface area contributed by atoms with Crippen molar-refractivity contribution in [3.63, 3.8) is 0 Å². The van der Waals surface area contributed by atoms with Crippen molar-refractivity contribution in [3.05, 3.63) is 72.3 Å². The number of amides is 2. The van der Waals surface area contributed by atoms with E-state index in [1.807, 2.05) is 30.3 Å². The highest BCUT2D eigenvalue weighted by Crippen LogP contribution is 2.21. The number of hydroxylamine groups is 1. The van der Waals surface area contributed by atoms with Crippen molar-refractivity contribution in [3.8, 4) is 0 Å². The van der Waals surface area contributed by atoms with Crippen LogP contribution in [0, 0.1) is 0 Å². The van der Waals surface area contributed by atoms with E-state index in [0.29, 0.717) is 22.0 Å². The van der Waals surface area contributed by atoms with Crippen molar-refractivity contribution in [2.45, 2.75) is 6.92 Å². The molecule has 3 aromatic carbocycles. The van der Waals surface area contributed by atoms with Crippen molar-refractivity contribution in [2.24, 2.45) is 0 Å². The Morgan fingerprint density at radius 1 is 0.917 bits per heavy atom. The Hall–Kier alpha value is -3.18. The summed E-state index contributed by atoms with van der Waals surface area (Å²) in [5.41, 5.74) is 1.31. The lowest BCUT2D eigenvalue weighted by molar-refractivity contribution is -0.114. The van der Waals surface area contributed by atoms with Crippen molar-refractivity contribution in [2.75, 3.05) is 10.4 Å². The molecule has 0 saturated carbocycles. The fraction of sp³-hybridized carbons (Fsp3) is 0.0526. The molecule has 0 atom stereocenters. The van der Waals surface area contributed by atoms with Crippen LogP contribution in [0.15, 0.2) is 66.7 Å². The van der Waals surface area contributed by atoms with E-state index in [1.165, 1.54) is 6.92 Å². The number of hydrogen-bond acceptors (Lipinski definition) is 3. The van der Waals surface area contributed by atoms with Gasteiger partial charge in [0.05, 0.1) is 5.69 Å². The quantitative estimate of drug-likeness (QED) is 0.569. The summed E-state index contributed by atoms with van der Waals surface area (Å²) in [4.78, 5) is 23.5. The molecule has 0 aromatic heterocycles. The fourth-order valence-corrected chi connectivity index (χ4v) is 2.45. The van der Waals surface area contributed by atoms with Crippen LogP contribution in [-0.2, 0) is 4.79 Å². The molecule has 0 aliphatic heterocycles. The SMILES string of the molecule is CC(=O)Nc1ccc(N(O)C(=O)c2ccc3ccccc3c2)cc1. The highest BCUT2D eigenvalue weighted by atomic mass is 16.5. The predicted molar refractivity (Wildman–Crippen MR) is 93.3 cm³/mol. The summed E-state index contributed by atoms with van der Waals surface area (Å²) in [5, 5.41) is 15.4. The van der Waals surface area contributed by atoms with Gasteiger partial charge in [-0.2, -0.15) is 5.06 Å². The second-order valence-electron chi connectivity index (χ2n) is 5.41. The van der Waals surface area contributed by atoms with E-state index in [1.54, 1.807) is 36.4 Å². The number of carbonyl (C=O) groups excluding carboxylic acids is 2. The Balaban J connectivity index is 1.83. The summed E-state index contributed by atoms with van der Waals surface area (Å²) >= 11 is 0. The molecule has 0 radical (unpaired) electrons. The largest absolute Gasteiger partial charge is 0.326 e. The summed E-state index contributed by atoms with van der Waals surface area (Å²) in [5.74, 6) is -0.705. The third-order valence-corrected chi connectivity index (χ3v) is 3.62. The van der Waals surface area contributed by atoms with Crippen LogP contribution in [0.1, 0.15) is 17.3 Å². The van der Waals surface area contributed by atoms with Gasteiger partial charge in [-0.25, -0.2) is 0 Å². The van der Waals surface area contributed by atoms with Gasteiger partial charge in [0.25, 0.3) is 5.91 Å². The first-order chi connectivity index (χ1) is 11.5. The minimum absolute atomic E-state index is 0.184. The molecule has 2 amide bonds. The average Bonchev–Trinajstić information content (AvgIpc) is 2.60. The first kappa shape index (κ1) is 15.7. The molecule has 0 aliphatic rings. The monoisotopic (exact) mass is 320 g/mol. The Morgan fingerprint density at radius 2 is 1.58 bits per heavy atom. The first-order valence-corrected chi connectivity index (χ1v) is 7.44. The highest BCUT2D eigenvalue weighted by Gasteiger charge is 2.16. The molecular formula is C19H16N2O3. The summed E-state index contributed by atoms with van der Waals surface area (Å²) in [6.07, 6.45) is 0. The lowest BCUT2D eigenvalue weighted by Crippen LogP contribution is -2.26. The number of nitrogens with one attached hydrogen (secondary N) is 1. The number of anilines is 2. The van der Waals surface area contributed by atoms with Crippen molar-refractivity contribution in [1.29, 1.82) is 0 Å². The Labute approximate surface area is 139 Å². The van der Waals surface area contributed by atoms with Crippen LogP contribution in [0.2, 0.25) is 0 Å². The minimum Gasteiger partial charge on any atom is -0.326 e. The van der Waals surface area contributed by atoms with Gasteiger partial charge in [0.2, 0.25) is 5.91 Å². The van der Waals surface area contributed by atoms with E-state index in [9.17, 15) is 14.8 Å². The van der Waals surface area contributed by atoms with E-state index in [-0.39, 0.29) is 5.91 Å².